The fourth-order valence-electron chi connectivity index (χ4n) is 0. The van der Waals surface area contributed by atoms with Crippen LogP contribution in [0.3, 0.4) is 0 Å². The summed E-state index contributed by atoms with van der Waals surface area (Å²) in [5, 5.41) is 0. The van der Waals surface area contributed by atoms with Gasteiger partial charge in [0.15, 0.2) is 11.1 Å². The second-order valence-corrected chi connectivity index (χ2v) is 1.83. The van der Waals surface area contributed by atoms with Crippen molar-refractivity contribution in [1.82, 2.24) is 0 Å². The molecule has 0 aliphatic heterocycles. The van der Waals surface area contributed by atoms with Crippen molar-refractivity contribution in [3.8, 4) is 0 Å². The molecule has 0 amide bonds. The van der Waals surface area contributed by atoms with Gasteiger partial charge in [0, 0.05) is 35.3 Å². The molecule has 1 radical (unpaired) electrons. The van der Waals surface area contributed by atoms with Crippen LogP contribution in [0.4, 0.5) is 0 Å². The molecule has 1 unspecified atom stereocenters. The van der Waals surface area contributed by atoms with Gasteiger partial charge in [0.05, 0.1) is 0 Å². The van der Waals surface area contributed by atoms with Crippen LogP contribution >= 0.6 is 0 Å². The van der Waals surface area contributed by atoms with E-state index in [-0.39, 0.29) is 29.6 Å². The first-order valence-corrected chi connectivity index (χ1v) is 2.62. The van der Waals surface area contributed by atoms with Gasteiger partial charge in [-0.3, -0.25) is 0 Å². The zero-order chi connectivity index (χ0) is 4.28. The molecule has 0 spiro atoms. The Kier molecular flexibility index (Phi) is 10.4. The molecule has 33 valence electrons. The maximum atomic E-state index is 9.48. The fourth-order valence-corrected chi connectivity index (χ4v) is 0. The van der Waals surface area contributed by atoms with E-state index in [9.17, 15) is 4.21 Å². The van der Waals surface area contributed by atoms with Crippen molar-refractivity contribution >= 4 is 40.6 Å². The van der Waals surface area contributed by atoms with E-state index in [1.165, 1.54) is 0 Å². The molecule has 0 aliphatic carbocycles. The third kappa shape index (κ3) is 8.92. The molecule has 6 heavy (non-hydrogen) atoms. The van der Waals surface area contributed by atoms with Crippen LogP contribution in [0.1, 0.15) is 6.92 Å². The summed E-state index contributed by atoms with van der Waals surface area (Å²) in [5.74, 6) is 0.333. The Balaban J connectivity index is 0. The average molecular weight is 117 g/mol. The predicted octanol–water partition coefficient (Wildman–Crippen LogP) is -0.153. The third-order valence-electron chi connectivity index (χ3n) is 0.247. The first-order chi connectivity index (χ1) is 2.27. The molecule has 0 saturated carbocycles. The van der Waals surface area contributed by atoms with E-state index < -0.39 is 11.1 Å². The largest absolute Gasteiger partial charge is 0.306 e. The summed E-state index contributed by atoms with van der Waals surface area (Å²) in [6.45, 7) is 1.65. The van der Waals surface area contributed by atoms with Crippen LogP contribution in [0, 0.1) is 0 Å². The van der Waals surface area contributed by atoms with Crippen LogP contribution in [0.2, 0.25) is 0 Å². The van der Waals surface area contributed by atoms with Gasteiger partial charge in [0.1, 0.15) is 0 Å². The van der Waals surface area contributed by atoms with Gasteiger partial charge < -0.3 is 4.55 Å². The minimum atomic E-state index is -1.57. The van der Waals surface area contributed by atoms with Crippen LogP contribution in [0.25, 0.3) is 0 Å². The Morgan fingerprint density at radius 2 is 2.00 bits per heavy atom. The van der Waals surface area contributed by atoms with E-state index in [1.807, 2.05) is 0 Å². The minimum absolute atomic E-state index is 0. The molecule has 0 aliphatic rings. The molecule has 2 nitrogen and oxygen atoms in total. The van der Waals surface area contributed by atoms with Crippen LogP contribution in [0.5, 0.6) is 0 Å². The van der Waals surface area contributed by atoms with Crippen molar-refractivity contribution in [2.45, 2.75) is 6.92 Å². The van der Waals surface area contributed by atoms with Crippen LogP contribution in [0.15, 0.2) is 0 Å². The van der Waals surface area contributed by atoms with Gasteiger partial charge in [-0.1, -0.05) is 6.92 Å². The third-order valence-corrected chi connectivity index (χ3v) is 0.741. The van der Waals surface area contributed by atoms with Gasteiger partial charge in [-0.2, -0.15) is 0 Å². The van der Waals surface area contributed by atoms with E-state index in [0.29, 0.717) is 5.75 Å². The second-order valence-electron chi connectivity index (χ2n) is 0.610. The van der Waals surface area contributed by atoms with Gasteiger partial charge in [0.25, 0.3) is 0 Å². The van der Waals surface area contributed by atoms with Crippen molar-refractivity contribution in [2.75, 3.05) is 5.75 Å². The van der Waals surface area contributed by atoms with Gasteiger partial charge in [-0.25, -0.2) is 4.21 Å². The Morgan fingerprint density at radius 3 is 2.00 bits per heavy atom. The maximum absolute atomic E-state index is 9.48. The second kappa shape index (κ2) is 6.11. The van der Waals surface area contributed by atoms with Crippen molar-refractivity contribution in [2.24, 2.45) is 0 Å². The van der Waals surface area contributed by atoms with Gasteiger partial charge in [-0.05, 0) is 0 Å². The van der Waals surface area contributed by atoms with Crippen LogP contribution in [-0.4, -0.2) is 44.1 Å². The molecule has 0 saturated heterocycles. The summed E-state index contributed by atoms with van der Waals surface area (Å²) in [7, 11) is 0. The fraction of sp³-hybridized carbons (Fsp3) is 1.00. The molecule has 0 aromatic heterocycles. The summed E-state index contributed by atoms with van der Waals surface area (Å²) >= 11 is -1.57. The van der Waals surface area contributed by atoms with Crippen molar-refractivity contribution in [1.29, 1.82) is 0 Å². The van der Waals surface area contributed by atoms with Gasteiger partial charge >= 0.3 is 0 Å². The van der Waals surface area contributed by atoms with Crippen molar-refractivity contribution in [3.63, 3.8) is 0 Å². The molecule has 0 heterocycles. The van der Waals surface area contributed by atoms with E-state index in [1.54, 1.807) is 6.92 Å². The van der Waals surface area contributed by atoms with E-state index in [0.717, 1.165) is 0 Å². The van der Waals surface area contributed by atoms with Crippen LogP contribution < -0.4 is 0 Å². The first kappa shape index (κ1) is 10.2. The van der Waals surface area contributed by atoms with Crippen LogP contribution in [-0.2, 0) is 11.1 Å². The van der Waals surface area contributed by atoms with E-state index >= 15 is 0 Å². The minimum Gasteiger partial charge on any atom is -0.306 e. The Morgan fingerprint density at radius 1 is 1.83 bits per heavy atom. The first-order valence-electron chi connectivity index (χ1n) is 1.35. The van der Waals surface area contributed by atoms with Gasteiger partial charge in [0.2, 0.25) is 0 Å². The normalized spacial score (nSPS) is 12.3. The number of hydrogen-bond donors (Lipinski definition) is 1. The molecule has 0 rings (SSSR count). The molecule has 0 fully saturated rings. The predicted molar refractivity (Wildman–Crippen MR) is 27.1 cm³/mol. The summed E-state index contributed by atoms with van der Waals surface area (Å²) < 4.78 is 17.3. The smallest absolute Gasteiger partial charge is 0.152 e. The molecule has 4 heteroatoms. The molecule has 0 aromatic carbocycles. The summed E-state index contributed by atoms with van der Waals surface area (Å²) in [4.78, 5) is 0. The Hall–Kier alpha value is 1.11. The topological polar surface area (TPSA) is 37.3 Å². The molecule has 1 N–H and O–H groups in total. The number of hydrogen-bond acceptors (Lipinski definition) is 1. The van der Waals surface area contributed by atoms with E-state index in [4.69, 9.17) is 4.55 Å². The zero-order valence-corrected chi connectivity index (χ0v) is 6.79. The monoisotopic (exact) mass is 117 g/mol. The molecular weight excluding hydrogens is 111 g/mol. The summed E-state index contributed by atoms with van der Waals surface area (Å²) in [6, 6.07) is 0. The quantitative estimate of drug-likeness (QED) is 0.383. The van der Waals surface area contributed by atoms with Crippen molar-refractivity contribution in [3.05, 3.63) is 0 Å². The molecule has 0 bridgehead atoms. The standard InChI is InChI=1S/C2H6O2S.Na/c1-2-5(3)4;/h2H2,1H3,(H,3,4);. The molecule has 0 aromatic rings. The Bertz CT molecular complexity index is 46.8. The van der Waals surface area contributed by atoms with Gasteiger partial charge in [-0.15, -0.1) is 0 Å². The average Bonchev–Trinajstić information content (AvgIpc) is 1.38. The summed E-state index contributed by atoms with van der Waals surface area (Å²) in [5.41, 5.74) is 0. The zero-order valence-electron chi connectivity index (χ0n) is 3.97. The maximum Gasteiger partial charge on any atom is 0.152 e. The summed E-state index contributed by atoms with van der Waals surface area (Å²) in [6.07, 6.45) is 0. The van der Waals surface area contributed by atoms with Crippen molar-refractivity contribution < 1.29 is 8.76 Å². The van der Waals surface area contributed by atoms with E-state index in [2.05, 4.69) is 0 Å². The molecular formula is C2H6NaO2S. The SMILES string of the molecule is CCS(=O)O.[Na]. The molecule has 1 atom stereocenters. The number of rotatable bonds is 1. The Labute approximate surface area is 61.9 Å².